The number of hydrogen-bond acceptors (Lipinski definition) is 8. The summed E-state index contributed by atoms with van der Waals surface area (Å²) < 4.78 is 54.7. The lowest BCUT2D eigenvalue weighted by atomic mass is 9.76. The van der Waals surface area contributed by atoms with Crippen LogP contribution in [0.15, 0.2) is 71.9 Å². The van der Waals surface area contributed by atoms with Crippen LogP contribution < -0.4 is 16.0 Å². The van der Waals surface area contributed by atoms with E-state index in [9.17, 15) is 18.0 Å². The van der Waals surface area contributed by atoms with E-state index in [1.165, 1.54) is 13.3 Å². The van der Waals surface area contributed by atoms with Crippen molar-refractivity contribution in [1.29, 1.82) is 0 Å². The number of carbonyl (C=O) groups excluding carboxylic acids is 2. The Balaban J connectivity index is 1.36. The van der Waals surface area contributed by atoms with Crippen molar-refractivity contribution >= 4 is 39.3 Å². The number of halogens is 2. The molecule has 4 unspecified atom stereocenters. The van der Waals surface area contributed by atoms with E-state index in [1.807, 2.05) is 19.1 Å². The molecule has 2 aliphatic heterocycles. The Labute approximate surface area is 292 Å². The predicted molar refractivity (Wildman–Crippen MR) is 184 cm³/mol. The Morgan fingerprint density at radius 1 is 1.10 bits per heavy atom. The highest BCUT2D eigenvalue weighted by atomic mass is 35.5. The molecule has 4 atom stereocenters. The molecule has 1 aromatic heterocycles. The highest BCUT2D eigenvalue weighted by molar-refractivity contribution is 7.89. The molecule has 0 bridgehead atoms. The second-order valence-corrected chi connectivity index (χ2v) is 14.8. The van der Waals surface area contributed by atoms with Crippen molar-refractivity contribution in [2.24, 2.45) is 5.92 Å². The number of anilines is 1. The molecule has 2 aliphatic rings. The van der Waals surface area contributed by atoms with E-state index in [4.69, 9.17) is 21.1 Å². The highest BCUT2D eigenvalue weighted by Crippen LogP contribution is 2.36. The van der Waals surface area contributed by atoms with Gasteiger partial charge in [0.05, 0.1) is 30.1 Å². The van der Waals surface area contributed by atoms with Gasteiger partial charge in [-0.2, -0.15) is 4.31 Å². The number of benzene rings is 2. The molecule has 2 fully saturated rings. The van der Waals surface area contributed by atoms with Gasteiger partial charge in [-0.25, -0.2) is 17.6 Å². The van der Waals surface area contributed by atoms with Crippen molar-refractivity contribution < 1.29 is 31.9 Å². The monoisotopic (exact) mass is 715 g/mol. The summed E-state index contributed by atoms with van der Waals surface area (Å²) in [7, 11) is -2.54. The van der Waals surface area contributed by atoms with Crippen molar-refractivity contribution in [2.45, 2.75) is 68.0 Å². The van der Waals surface area contributed by atoms with Crippen LogP contribution in [0.4, 0.5) is 14.9 Å². The number of aromatic nitrogens is 1. The molecule has 2 aromatic carbocycles. The average molecular weight is 716 g/mol. The van der Waals surface area contributed by atoms with Crippen LogP contribution >= 0.6 is 11.6 Å². The van der Waals surface area contributed by atoms with Gasteiger partial charge in [0, 0.05) is 54.9 Å². The average Bonchev–Trinajstić information content (AvgIpc) is 3.10. The van der Waals surface area contributed by atoms with Gasteiger partial charge in [0.25, 0.3) is 0 Å². The zero-order chi connectivity index (χ0) is 35.0. The van der Waals surface area contributed by atoms with Gasteiger partial charge in [-0.15, -0.1) is 0 Å². The number of nitrogens with one attached hydrogen (secondary N) is 3. The lowest BCUT2D eigenvalue weighted by Gasteiger charge is -2.40. The molecular formula is C35H43ClFN5O6S. The molecule has 0 saturated carbocycles. The van der Waals surface area contributed by atoms with Crippen LogP contribution in [0.1, 0.15) is 49.7 Å². The Hall–Kier alpha value is -3.62. The summed E-state index contributed by atoms with van der Waals surface area (Å²) in [6.07, 6.45) is 4.11. The zero-order valence-corrected chi connectivity index (χ0v) is 29.2. The van der Waals surface area contributed by atoms with E-state index in [0.29, 0.717) is 57.0 Å². The molecule has 2 amide bonds. The largest absolute Gasteiger partial charge is 0.453 e. The van der Waals surface area contributed by atoms with E-state index in [2.05, 4.69) is 20.9 Å². The molecule has 0 radical (unpaired) electrons. The first-order valence-corrected chi connectivity index (χ1v) is 18.3. The Morgan fingerprint density at radius 3 is 2.51 bits per heavy atom. The predicted octanol–water partition coefficient (Wildman–Crippen LogP) is 5.12. The van der Waals surface area contributed by atoms with E-state index < -0.39 is 39.8 Å². The number of ether oxygens (including phenoxy) is 2. The number of methoxy groups -OCH3 is 1. The third-order valence-corrected chi connectivity index (χ3v) is 11.6. The minimum absolute atomic E-state index is 0.0189. The lowest BCUT2D eigenvalue weighted by molar-refractivity contribution is -0.119. The van der Waals surface area contributed by atoms with Crippen LogP contribution in [-0.2, 0) is 30.7 Å². The molecule has 49 heavy (non-hydrogen) atoms. The number of alkyl carbamates (subject to hydrolysis) is 1. The second kappa shape index (κ2) is 16.9. The quantitative estimate of drug-likeness (QED) is 0.235. The number of pyridine rings is 1. The number of nitrogens with zero attached hydrogens (tertiary/aromatic N) is 2. The smallest absolute Gasteiger partial charge is 0.407 e. The number of carbonyl (C=O) groups is 2. The molecule has 11 nitrogen and oxygen atoms in total. The highest BCUT2D eigenvalue weighted by Gasteiger charge is 2.39. The standard InChI is InChI=1S/C35H43ClFN5O6S/c1-23-19-38-20-27(42(23)49(45,46)28-8-4-3-5-9-28)7-6-10-29-30(37)21-39-22-31(29)40-34(43)33(41-35(44)47-2)32(25-15-17-48-18-16-25)24-11-13-26(36)14-12-24/h3-5,8-9,11-14,21-23,25,27,32-33,38H,6-7,10,15-20H2,1-2H3,(H,40,43)(H,41,44). The summed E-state index contributed by atoms with van der Waals surface area (Å²) in [4.78, 5) is 30.9. The summed E-state index contributed by atoms with van der Waals surface area (Å²) in [6, 6.07) is 13.8. The van der Waals surface area contributed by atoms with E-state index in [0.717, 1.165) is 11.8 Å². The molecular weight excluding hydrogens is 673 g/mol. The van der Waals surface area contributed by atoms with Crippen LogP contribution in [-0.4, -0.2) is 81.2 Å². The van der Waals surface area contributed by atoms with Crippen LogP contribution in [0.2, 0.25) is 5.02 Å². The third-order valence-electron chi connectivity index (χ3n) is 9.29. The molecule has 3 N–H and O–H groups in total. The maximum atomic E-state index is 15.4. The third kappa shape index (κ3) is 8.95. The van der Waals surface area contributed by atoms with Gasteiger partial charge >= 0.3 is 6.09 Å². The molecule has 2 saturated heterocycles. The number of amides is 2. The fourth-order valence-corrected chi connectivity index (χ4v) is 8.92. The summed E-state index contributed by atoms with van der Waals surface area (Å²) in [6.45, 7) is 3.87. The van der Waals surface area contributed by atoms with Crippen molar-refractivity contribution in [2.75, 3.05) is 38.7 Å². The molecule has 0 spiro atoms. The zero-order valence-electron chi connectivity index (χ0n) is 27.6. The number of piperazine rings is 1. The van der Waals surface area contributed by atoms with Crippen molar-refractivity contribution in [1.82, 2.24) is 19.9 Å². The Bertz CT molecular complexity index is 1680. The fourth-order valence-electron chi connectivity index (χ4n) is 6.92. The molecule has 3 heterocycles. The number of sulfonamides is 1. The van der Waals surface area contributed by atoms with Gasteiger partial charge < -0.3 is 25.4 Å². The SMILES string of the molecule is COC(=O)NC(C(=O)Nc1cncc(F)c1CCCC1CNCC(C)N1S(=O)(=O)c1ccccc1)C(c1ccc(Cl)cc1)C1CCOCC1. The molecule has 14 heteroatoms. The Kier molecular flexibility index (Phi) is 12.6. The van der Waals surface area contributed by atoms with Gasteiger partial charge in [0.2, 0.25) is 15.9 Å². The van der Waals surface area contributed by atoms with Gasteiger partial charge in [-0.3, -0.25) is 9.78 Å². The van der Waals surface area contributed by atoms with Crippen LogP contribution in [0, 0.1) is 11.7 Å². The lowest BCUT2D eigenvalue weighted by Crippen LogP contribution is -2.58. The minimum Gasteiger partial charge on any atom is -0.453 e. The normalized spacial score (nSPS) is 20.2. The molecule has 264 valence electrons. The van der Waals surface area contributed by atoms with Gasteiger partial charge in [-0.1, -0.05) is 41.9 Å². The maximum Gasteiger partial charge on any atom is 0.407 e. The van der Waals surface area contributed by atoms with Crippen molar-refractivity contribution in [3.05, 3.63) is 89.0 Å². The van der Waals surface area contributed by atoms with Crippen molar-refractivity contribution in [3.63, 3.8) is 0 Å². The first-order chi connectivity index (χ1) is 23.6. The summed E-state index contributed by atoms with van der Waals surface area (Å²) >= 11 is 6.18. The minimum atomic E-state index is -3.76. The number of rotatable bonds is 12. The second-order valence-electron chi connectivity index (χ2n) is 12.5. The topological polar surface area (TPSA) is 139 Å². The van der Waals surface area contributed by atoms with E-state index >= 15 is 4.39 Å². The summed E-state index contributed by atoms with van der Waals surface area (Å²) in [5, 5.41) is 9.42. The van der Waals surface area contributed by atoms with E-state index in [-0.39, 0.29) is 40.6 Å². The first-order valence-electron chi connectivity index (χ1n) is 16.5. The van der Waals surface area contributed by atoms with Gasteiger partial charge in [0.1, 0.15) is 11.9 Å². The summed E-state index contributed by atoms with van der Waals surface area (Å²) in [5.41, 5.74) is 1.21. The summed E-state index contributed by atoms with van der Waals surface area (Å²) in [5.74, 6) is -1.65. The fraction of sp³-hybridized carbons (Fsp3) is 0.457. The molecule has 0 aliphatic carbocycles. The Morgan fingerprint density at radius 2 is 1.82 bits per heavy atom. The molecule has 5 rings (SSSR count). The first kappa shape index (κ1) is 36.7. The van der Waals surface area contributed by atoms with Gasteiger partial charge in [0.15, 0.2) is 0 Å². The number of hydrogen-bond donors (Lipinski definition) is 3. The van der Waals surface area contributed by atoms with Crippen LogP contribution in [0.25, 0.3) is 0 Å². The van der Waals surface area contributed by atoms with E-state index in [1.54, 1.807) is 46.8 Å². The maximum absolute atomic E-state index is 15.4. The van der Waals surface area contributed by atoms with Crippen LogP contribution in [0.3, 0.4) is 0 Å². The van der Waals surface area contributed by atoms with Crippen LogP contribution in [0.5, 0.6) is 0 Å². The van der Waals surface area contributed by atoms with Crippen molar-refractivity contribution in [3.8, 4) is 0 Å². The van der Waals surface area contributed by atoms with Gasteiger partial charge in [-0.05, 0) is 74.8 Å². The molecule has 3 aromatic rings.